The van der Waals surface area contributed by atoms with Gasteiger partial charge >= 0.3 is 0 Å². The van der Waals surface area contributed by atoms with Gasteiger partial charge in [0.15, 0.2) is 0 Å². The van der Waals surface area contributed by atoms with Crippen LogP contribution >= 0.6 is 0 Å². The number of fused-ring (bicyclic) bond motifs is 4. The van der Waals surface area contributed by atoms with E-state index in [4.69, 9.17) is 9.97 Å². The Bertz CT molecular complexity index is 1260. The smallest absolute Gasteiger partial charge is 0.0933 e. The molecule has 0 bridgehead atoms. The van der Waals surface area contributed by atoms with Gasteiger partial charge in [0.1, 0.15) is 0 Å². The largest absolute Gasteiger partial charge is 0.248 e. The first kappa shape index (κ1) is 18.1. The maximum Gasteiger partial charge on any atom is 0.0933 e. The maximum atomic E-state index is 5.16. The maximum absolute atomic E-state index is 5.16. The number of aromatic nitrogens is 2. The fraction of sp³-hybridized carbons (Fsp3) is 0.259. The SMILES string of the molecule is CC(C)(C)c1nc2ccccc2nc1-c1cccc2c1C(C)(C)c1ccccc1-2. The Hall–Kier alpha value is -3.00. The predicted molar refractivity (Wildman–Crippen MR) is 121 cm³/mol. The van der Waals surface area contributed by atoms with Crippen molar-refractivity contribution in [3.63, 3.8) is 0 Å². The molecule has 29 heavy (non-hydrogen) atoms. The van der Waals surface area contributed by atoms with E-state index in [0.717, 1.165) is 22.4 Å². The fourth-order valence-corrected chi connectivity index (χ4v) is 4.76. The lowest BCUT2D eigenvalue weighted by molar-refractivity contribution is 0.570. The summed E-state index contributed by atoms with van der Waals surface area (Å²) in [7, 11) is 0. The van der Waals surface area contributed by atoms with Gasteiger partial charge in [-0.3, -0.25) is 0 Å². The third kappa shape index (κ3) is 2.62. The van der Waals surface area contributed by atoms with E-state index in [0.29, 0.717) is 0 Å². The number of hydrogen-bond donors (Lipinski definition) is 0. The Kier molecular flexibility index (Phi) is 3.73. The van der Waals surface area contributed by atoms with Crippen LogP contribution in [0.1, 0.15) is 51.4 Å². The van der Waals surface area contributed by atoms with Gasteiger partial charge in [-0.1, -0.05) is 89.2 Å². The van der Waals surface area contributed by atoms with E-state index >= 15 is 0 Å². The molecule has 0 aliphatic heterocycles. The molecule has 2 nitrogen and oxygen atoms in total. The van der Waals surface area contributed by atoms with E-state index in [-0.39, 0.29) is 10.8 Å². The first-order valence-electron chi connectivity index (χ1n) is 10.3. The molecule has 2 heteroatoms. The predicted octanol–water partition coefficient (Wildman–Crippen LogP) is 6.90. The third-order valence-corrected chi connectivity index (χ3v) is 6.12. The molecule has 0 atom stereocenters. The molecule has 1 aromatic heterocycles. The molecule has 0 spiro atoms. The quantitative estimate of drug-likeness (QED) is 0.360. The zero-order valence-corrected chi connectivity index (χ0v) is 17.7. The Morgan fingerprint density at radius 1 is 0.655 bits per heavy atom. The molecule has 0 amide bonds. The summed E-state index contributed by atoms with van der Waals surface area (Å²) < 4.78 is 0. The molecular formula is C27H26N2. The van der Waals surface area contributed by atoms with Crippen LogP contribution in [0.4, 0.5) is 0 Å². The molecule has 5 rings (SSSR count). The molecule has 4 aromatic rings. The van der Waals surface area contributed by atoms with E-state index in [1.165, 1.54) is 27.8 Å². The summed E-state index contributed by atoms with van der Waals surface area (Å²) in [4.78, 5) is 10.2. The van der Waals surface area contributed by atoms with Crippen LogP contribution in [-0.2, 0) is 10.8 Å². The second kappa shape index (κ2) is 6.00. The molecule has 0 saturated heterocycles. The number of rotatable bonds is 1. The number of nitrogens with zero attached hydrogens (tertiary/aromatic N) is 2. The van der Waals surface area contributed by atoms with Crippen LogP contribution in [0.2, 0.25) is 0 Å². The lowest BCUT2D eigenvalue weighted by Crippen LogP contribution is -2.20. The van der Waals surface area contributed by atoms with Gasteiger partial charge in [-0.05, 0) is 34.4 Å². The van der Waals surface area contributed by atoms with Crippen molar-refractivity contribution in [2.75, 3.05) is 0 Å². The van der Waals surface area contributed by atoms with Gasteiger partial charge in [0, 0.05) is 16.4 Å². The van der Waals surface area contributed by atoms with Gasteiger partial charge in [0.05, 0.1) is 22.4 Å². The highest BCUT2D eigenvalue weighted by Gasteiger charge is 2.38. The Morgan fingerprint density at radius 3 is 1.97 bits per heavy atom. The molecular weight excluding hydrogens is 352 g/mol. The molecule has 3 aromatic carbocycles. The Labute approximate surface area is 172 Å². The molecule has 144 valence electrons. The highest BCUT2D eigenvalue weighted by molar-refractivity contribution is 5.89. The van der Waals surface area contributed by atoms with E-state index in [2.05, 4.69) is 89.2 Å². The third-order valence-electron chi connectivity index (χ3n) is 6.12. The number of hydrogen-bond acceptors (Lipinski definition) is 2. The molecule has 0 unspecified atom stereocenters. The second-order valence-corrected chi connectivity index (χ2v) is 9.56. The van der Waals surface area contributed by atoms with Crippen molar-refractivity contribution in [2.45, 2.75) is 45.4 Å². The number of benzene rings is 3. The van der Waals surface area contributed by atoms with Crippen LogP contribution in [0.15, 0.2) is 66.7 Å². The molecule has 0 saturated carbocycles. The average molecular weight is 379 g/mol. The lowest BCUT2D eigenvalue weighted by Gasteiger charge is -2.27. The lowest BCUT2D eigenvalue weighted by atomic mass is 9.78. The zero-order valence-electron chi connectivity index (χ0n) is 17.7. The van der Waals surface area contributed by atoms with Gasteiger partial charge in [-0.2, -0.15) is 0 Å². The minimum Gasteiger partial charge on any atom is -0.248 e. The van der Waals surface area contributed by atoms with E-state index in [1.807, 2.05) is 12.1 Å². The topological polar surface area (TPSA) is 25.8 Å². The number of para-hydroxylation sites is 2. The van der Waals surface area contributed by atoms with Crippen LogP contribution < -0.4 is 0 Å². The average Bonchev–Trinajstić information content (AvgIpc) is 2.94. The van der Waals surface area contributed by atoms with Crippen LogP contribution in [0.3, 0.4) is 0 Å². The Morgan fingerprint density at radius 2 is 1.24 bits per heavy atom. The van der Waals surface area contributed by atoms with Crippen molar-refractivity contribution in [1.29, 1.82) is 0 Å². The van der Waals surface area contributed by atoms with Gasteiger partial charge in [0.25, 0.3) is 0 Å². The first-order valence-corrected chi connectivity index (χ1v) is 10.3. The summed E-state index contributed by atoms with van der Waals surface area (Å²) in [5, 5.41) is 0. The van der Waals surface area contributed by atoms with Gasteiger partial charge in [-0.15, -0.1) is 0 Å². The molecule has 0 radical (unpaired) electrons. The second-order valence-electron chi connectivity index (χ2n) is 9.56. The summed E-state index contributed by atoms with van der Waals surface area (Å²) in [5.74, 6) is 0. The normalized spacial score (nSPS) is 14.7. The first-order chi connectivity index (χ1) is 13.8. The molecule has 0 fully saturated rings. The van der Waals surface area contributed by atoms with Crippen molar-refractivity contribution in [1.82, 2.24) is 9.97 Å². The highest BCUT2D eigenvalue weighted by Crippen LogP contribution is 2.52. The van der Waals surface area contributed by atoms with Crippen LogP contribution in [-0.4, -0.2) is 9.97 Å². The fourth-order valence-electron chi connectivity index (χ4n) is 4.76. The van der Waals surface area contributed by atoms with Crippen molar-refractivity contribution >= 4 is 11.0 Å². The summed E-state index contributed by atoms with van der Waals surface area (Å²) in [6, 6.07) is 23.6. The molecule has 1 aliphatic carbocycles. The Balaban J connectivity index is 1.87. The van der Waals surface area contributed by atoms with E-state index < -0.39 is 0 Å². The molecule has 1 heterocycles. The van der Waals surface area contributed by atoms with Crippen LogP contribution in [0.5, 0.6) is 0 Å². The van der Waals surface area contributed by atoms with Gasteiger partial charge < -0.3 is 0 Å². The minimum atomic E-state index is -0.106. The summed E-state index contributed by atoms with van der Waals surface area (Å²) >= 11 is 0. The minimum absolute atomic E-state index is 0.0784. The summed E-state index contributed by atoms with van der Waals surface area (Å²) in [6.45, 7) is 11.3. The summed E-state index contributed by atoms with van der Waals surface area (Å²) in [6.07, 6.45) is 0. The van der Waals surface area contributed by atoms with Crippen molar-refractivity contribution < 1.29 is 0 Å². The van der Waals surface area contributed by atoms with Crippen LogP contribution in [0, 0.1) is 0 Å². The van der Waals surface area contributed by atoms with E-state index in [1.54, 1.807) is 0 Å². The monoisotopic (exact) mass is 378 g/mol. The van der Waals surface area contributed by atoms with Crippen LogP contribution in [0.25, 0.3) is 33.4 Å². The van der Waals surface area contributed by atoms with E-state index in [9.17, 15) is 0 Å². The molecule has 0 N–H and O–H groups in total. The van der Waals surface area contributed by atoms with Crippen molar-refractivity contribution in [2.24, 2.45) is 0 Å². The van der Waals surface area contributed by atoms with Gasteiger partial charge in [-0.25, -0.2) is 9.97 Å². The zero-order chi connectivity index (χ0) is 20.4. The summed E-state index contributed by atoms with van der Waals surface area (Å²) in [5.41, 5.74) is 10.4. The van der Waals surface area contributed by atoms with Crippen molar-refractivity contribution in [3.05, 3.63) is 83.6 Å². The van der Waals surface area contributed by atoms with Gasteiger partial charge in [0.2, 0.25) is 0 Å². The highest BCUT2D eigenvalue weighted by atomic mass is 14.8. The molecule has 1 aliphatic rings. The standard InChI is InChI=1S/C27H26N2/c1-26(2,3)25-24(28-21-15-8-9-16-22(21)29-25)19-13-10-12-18-17-11-6-7-14-20(17)27(4,5)23(18)19/h6-16H,1-5H3. The van der Waals surface area contributed by atoms with Crippen molar-refractivity contribution in [3.8, 4) is 22.4 Å².